The number of nitrogens with two attached hydrogens (primary N) is 1. The Morgan fingerprint density at radius 2 is 2.33 bits per heavy atom. The summed E-state index contributed by atoms with van der Waals surface area (Å²) in [5.41, 5.74) is 5.67. The first-order valence-corrected chi connectivity index (χ1v) is 6.86. The normalized spacial score (nSPS) is 13.6. The SMILES string of the molecule is CCCn1ncnc1CSC(C)(C)[C@@H](N)C(=O)O. The Labute approximate surface area is 111 Å². The molecule has 3 N–H and O–H groups in total. The Bertz CT molecular complexity index is 406. The van der Waals surface area contributed by atoms with Gasteiger partial charge in [0.2, 0.25) is 0 Å². The first-order valence-electron chi connectivity index (χ1n) is 5.87. The van der Waals surface area contributed by atoms with E-state index >= 15 is 0 Å². The zero-order valence-electron chi connectivity index (χ0n) is 11.0. The molecule has 0 saturated carbocycles. The van der Waals surface area contributed by atoms with Gasteiger partial charge in [-0.25, -0.2) is 9.67 Å². The molecule has 0 saturated heterocycles. The first kappa shape index (κ1) is 15.0. The molecule has 1 rings (SSSR count). The van der Waals surface area contributed by atoms with E-state index in [2.05, 4.69) is 17.0 Å². The number of aliphatic carboxylic acids is 1. The third kappa shape index (κ3) is 3.71. The molecule has 6 nitrogen and oxygen atoms in total. The van der Waals surface area contributed by atoms with Gasteiger partial charge in [-0.3, -0.25) is 4.79 Å². The second kappa shape index (κ2) is 6.19. The summed E-state index contributed by atoms with van der Waals surface area (Å²) in [4.78, 5) is 15.1. The number of aryl methyl sites for hydroxylation is 1. The molecule has 0 bridgehead atoms. The van der Waals surface area contributed by atoms with Crippen molar-refractivity contribution in [1.29, 1.82) is 0 Å². The molecule has 0 unspecified atom stereocenters. The van der Waals surface area contributed by atoms with Crippen LogP contribution in [0.3, 0.4) is 0 Å². The highest BCUT2D eigenvalue weighted by atomic mass is 32.2. The average Bonchev–Trinajstić information content (AvgIpc) is 2.73. The van der Waals surface area contributed by atoms with Crippen LogP contribution in [0, 0.1) is 0 Å². The number of rotatable bonds is 7. The van der Waals surface area contributed by atoms with E-state index < -0.39 is 16.8 Å². The number of aromatic nitrogens is 3. The van der Waals surface area contributed by atoms with Crippen LogP contribution >= 0.6 is 11.8 Å². The molecule has 1 heterocycles. The van der Waals surface area contributed by atoms with E-state index in [9.17, 15) is 4.79 Å². The van der Waals surface area contributed by atoms with E-state index in [1.165, 1.54) is 18.1 Å². The molecule has 0 radical (unpaired) electrons. The van der Waals surface area contributed by atoms with Crippen LogP contribution in [0.25, 0.3) is 0 Å². The van der Waals surface area contributed by atoms with E-state index in [-0.39, 0.29) is 0 Å². The van der Waals surface area contributed by atoms with Gasteiger partial charge in [0.15, 0.2) is 0 Å². The van der Waals surface area contributed by atoms with Gasteiger partial charge in [-0.15, -0.1) is 11.8 Å². The lowest BCUT2D eigenvalue weighted by atomic mass is 10.1. The number of nitrogens with zero attached hydrogens (tertiary/aromatic N) is 3. The van der Waals surface area contributed by atoms with Crippen LogP contribution in [0.5, 0.6) is 0 Å². The number of thioether (sulfide) groups is 1. The van der Waals surface area contributed by atoms with Crippen LogP contribution in [0.2, 0.25) is 0 Å². The number of hydrogen-bond donors (Lipinski definition) is 2. The lowest BCUT2D eigenvalue weighted by Gasteiger charge is -2.27. The highest BCUT2D eigenvalue weighted by Gasteiger charge is 2.32. The molecule has 0 spiro atoms. The molecule has 1 aromatic rings. The summed E-state index contributed by atoms with van der Waals surface area (Å²) < 4.78 is 1.30. The highest BCUT2D eigenvalue weighted by molar-refractivity contribution is 7.99. The molecule has 1 aromatic heterocycles. The van der Waals surface area contributed by atoms with Crippen LogP contribution in [0.1, 0.15) is 33.0 Å². The Morgan fingerprint density at radius 1 is 1.67 bits per heavy atom. The van der Waals surface area contributed by atoms with E-state index in [1.807, 2.05) is 18.5 Å². The fourth-order valence-electron chi connectivity index (χ4n) is 1.44. The van der Waals surface area contributed by atoms with Gasteiger partial charge in [-0.05, 0) is 20.3 Å². The Morgan fingerprint density at radius 3 is 2.89 bits per heavy atom. The molecule has 0 aliphatic carbocycles. The van der Waals surface area contributed by atoms with Gasteiger partial charge >= 0.3 is 5.97 Å². The predicted octanol–water partition coefficient (Wildman–Crippen LogP) is 1.11. The standard InChI is InChI=1S/C11H20N4O2S/c1-4-5-15-8(13-7-14-15)6-18-11(2,3)9(12)10(16)17/h7,9H,4-6,12H2,1-3H3,(H,16,17)/t9-/m0/s1. The minimum absolute atomic E-state index is 0.547. The van der Waals surface area contributed by atoms with Crippen molar-refractivity contribution in [3.05, 3.63) is 12.2 Å². The van der Waals surface area contributed by atoms with Crippen molar-refractivity contribution >= 4 is 17.7 Å². The monoisotopic (exact) mass is 272 g/mol. The third-order valence-corrected chi connectivity index (χ3v) is 4.12. The molecule has 1 atom stereocenters. The van der Waals surface area contributed by atoms with Crippen molar-refractivity contribution in [2.45, 2.75) is 50.3 Å². The number of hydrogen-bond acceptors (Lipinski definition) is 5. The maximum atomic E-state index is 10.9. The maximum Gasteiger partial charge on any atom is 0.321 e. The molecule has 0 amide bonds. The zero-order chi connectivity index (χ0) is 13.8. The fourth-order valence-corrected chi connectivity index (χ4v) is 2.44. The average molecular weight is 272 g/mol. The van der Waals surface area contributed by atoms with Crippen molar-refractivity contribution < 1.29 is 9.90 Å². The smallest absolute Gasteiger partial charge is 0.321 e. The summed E-state index contributed by atoms with van der Waals surface area (Å²) in [5, 5.41) is 13.1. The molecule has 102 valence electrons. The summed E-state index contributed by atoms with van der Waals surface area (Å²) in [5.74, 6) is 0.476. The van der Waals surface area contributed by atoms with E-state index in [4.69, 9.17) is 10.8 Å². The van der Waals surface area contributed by atoms with Crippen molar-refractivity contribution in [2.75, 3.05) is 0 Å². The number of carboxylic acids is 1. The minimum atomic E-state index is -0.984. The molecule has 18 heavy (non-hydrogen) atoms. The topological polar surface area (TPSA) is 94.0 Å². The lowest BCUT2D eigenvalue weighted by molar-refractivity contribution is -0.139. The number of carbonyl (C=O) groups is 1. The van der Waals surface area contributed by atoms with E-state index in [0.29, 0.717) is 5.75 Å². The lowest BCUT2D eigenvalue weighted by Crippen LogP contribution is -2.46. The number of carboxylic acid groups (broad SMARTS) is 1. The molecular weight excluding hydrogens is 252 g/mol. The van der Waals surface area contributed by atoms with Gasteiger partial charge in [0.05, 0.1) is 5.75 Å². The minimum Gasteiger partial charge on any atom is -0.480 e. The summed E-state index contributed by atoms with van der Waals surface area (Å²) in [6.07, 6.45) is 2.51. The van der Waals surface area contributed by atoms with Crippen molar-refractivity contribution in [2.24, 2.45) is 5.73 Å². The molecule has 0 aromatic carbocycles. The first-order chi connectivity index (χ1) is 8.38. The van der Waals surface area contributed by atoms with Gasteiger partial charge in [0.1, 0.15) is 18.2 Å². The second-order valence-corrected chi connectivity index (χ2v) is 6.24. The molecule has 7 heteroatoms. The van der Waals surface area contributed by atoms with Crippen molar-refractivity contribution in [3.63, 3.8) is 0 Å². The Balaban J connectivity index is 2.63. The highest BCUT2D eigenvalue weighted by Crippen LogP contribution is 2.30. The Hall–Kier alpha value is -1.08. The van der Waals surface area contributed by atoms with Crippen molar-refractivity contribution in [3.8, 4) is 0 Å². The largest absolute Gasteiger partial charge is 0.480 e. The summed E-state index contributed by atoms with van der Waals surface area (Å²) in [6, 6.07) is -0.898. The Kier molecular flexibility index (Phi) is 5.15. The van der Waals surface area contributed by atoms with Gasteiger partial charge < -0.3 is 10.8 Å². The molecular formula is C11H20N4O2S. The summed E-state index contributed by atoms with van der Waals surface area (Å²) >= 11 is 1.48. The maximum absolute atomic E-state index is 10.9. The van der Waals surface area contributed by atoms with E-state index in [0.717, 1.165) is 18.8 Å². The predicted molar refractivity (Wildman–Crippen MR) is 71.3 cm³/mol. The molecule has 0 fully saturated rings. The van der Waals surface area contributed by atoms with Gasteiger partial charge in [0.25, 0.3) is 0 Å². The van der Waals surface area contributed by atoms with Crippen LogP contribution in [-0.4, -0.2) is 36.6 Å². The van der Waals surface area contributed by atoms with Gasteiger partial charge in [0, 0.05) is 11.3 Å². The van der Waals surface area contributed by atoms with Crippen LogP contribution < -0.4 is 5.73 Å². The summed E-state index contributed by atoms with van der Waals surface area (Å²) in [7, 11) is 0. The van der Waals surface area contributed by atoms with Crippen LogP contribution in [0.4, 0.5) is 0 Å². The van der Waals surface area contributed by atoms with Gasteiger partial charge in [-0.1, -0.05) is 6.92 Å². The third-order valence-electron chi connectivity index (χ3n) is 2.72. The quantitative estimate of drug-likeness (QED) is 0.772. The second-order valence-electron chi connectivity index (χ2n) is 4.61. The molecule has 0 aliphatic heterocycles. The molecule has 0 aliphatic rings. The zero-order valence-corrected chi connectivity index (χ0v) is 11.8. The van der Waals surface area contributed by atoms with Crippen LogP contribution in [0.15, 0.2) is 6.33 Å². The van der Waals surface area contributed by atoms with Crippen LogP contribution in [-0.2, 0) is 17.1 Å². The van der Waals surface area contributed by atoms with Crippen molar-refractivity contribution in [1.82, 2.24) is 14.8 Å². The van der Waals surface area contributed by atoms with Gasteiger partial charge in [-0.2, -0.15) is 5.10 Å². The fraction of sp³-hybridized carbons (Fsp3) is 0.727. The van der Waals surface area contributed by atoms with E-state index in [1.54, 1.807) is 0 Å². The summed E-state index contributed by atoms with van der Waals surface area (Å²) in [6.45, 7) is 6.55.